The Morgan fingerprint density at radius 1 is 1.06 bits per heavy atom. The molecule has 4 rings (SSSR count). The second-order valence-electron chi connectivity index (χ2n) is 7.90. The molecule has 32 heavy (non-hydrogen) atoms. The summed E-state index contributed by atoms with van der Waals surface area (Å²) in [4.78, 5) is 12.9. The first-order valence-electron chi connectivity index (χ1n) is 10.7. The number of nitrogens with one attached hydrogen (secondary N) is 1. The van der Waals surface area contributed by atoms with Gasteiger partial charge in [0.15, 0.2) is 0 Å². The van der Waals surface area contributed by atoms with E-state index >= 15 is 0 Å². The summed E-state index contributed by atoms with van der Waals surface area (Å²) in [5, 5.41) is 18.8. The van der Waals surface area contributed by atoms with Gasteiger partial charge >= 0.3 is 5.69 Å². The maximum Gasteiger partial charge on any atom is 0.347 e. The van der Waals surface area contributed by atoms with Gasteiger partial charge < -0.3 is 0 Å². The molecule has 0 aliphatic heterocycles. The fourth-order valence-electron chi connectivity index (χ4n) is 3.49. The zero-order valence-corrected chi connectivity index (χ0v) is 18.4. The summed E-state index contributed by atoms with van der Waals surface area (Å²) in [6.07, 6.45) is 0.708. The summed E-state index contributed by atoms with van der Waals surface area (Å²) in [6.45, 7) is 7.09. The van der Waals surface area contributed by atoms with Crippen molar-refractivity contribution in [2.24, 2.45) is 5.92 Å². The molecule has 0 fully saturated rings. The van der Waals surface area contributed by atoms with Crippen LogP contribution in [0.5, 0.6) is 0 Å². The number of hydrogen-bond acceptors (Lipinski definition) is 5. The molecular weight excluding hydrogens is 402 g/mol. The molecule has 0 radical (unpaired) electrons. The van der Waals surface area contributed by atoms with Crippen LogP contribution >= 0.6 is 0 Å². The second-order valence-corrected chi connectivity index (χ2v) is 7.90. The van der Waals surface area contributed by atoms with Crippen molar-refractivity contribution in [3.8, 4) is 34.4 Å². The summed E-state index contributed by atoms with van der Waals surface area (Å²) >= 11 is 0. The second kappa shape index (κ2) is 9.43. The molecule has 0 bridgehead atoms. The fourth-order valence-corrected chi connectivity index (χ4v) is 3.49. The lowest BCUT2D eigenvalue weighted by atomic mass is 9.98. The van der Waals surface area contributed by atoms with Crippen LogP contribution in [0.4, 0.5) is 0 Å². The fraction of sp³-hybridized carbons (Fsp3) is 0.292. The van der Waals surface area contributed by atoms with Gasteiger partial charge in [0.05, 0.1) is 6.54 Å². The van der Waals surface area contributed by atoms with Gasteiger partial charge in [-0.1, -0.05) is 75.2 Å². The Morgan fingerprint density at radius 2 is 1.81 bits per heavy atom. The van der Waals surface area contributed by atoms with Gasteiger partial charge in [-0.2, -0.15) is 5.21 Å². The highest BCUT2D eigenvalue weighted by Gasteiger charge is 2.14. The lowest BCUT2D eigenvalue weighted by molar-refractivity contribution is 0.466. The average molecular weight is 428 g/mol. The van der Waals surface area contributed by atoms with Crippen LogP contribution in [-0.4, -0.2) is 35.0 Å². The third-order valence-electron chi connectivity index (χ3n) is 4.96. The van der Waals surface area contributed by atoms with E-state index in [0.717, 1.165) is 22.3 Å². The molecule has 2 aromatic heterocycles. The van der Waals surface area contributed by atoms with E-state index in [9.17, 15) is 4.79 Å². The Bertz CT molecular complexity index is 1300. The zero-order valence-electron chi connectivity index (χ0n) is 18.4. The lowest BCUT2D eigenvalue weighted by Gasteiger charge is -2.08. The van der Waals surface area contributed by atoms with Gasteiger partial charge in [-0.25, -0.2) is 9.48 Å². The first-order valence-corrected chi connectivity index (χ1v) is 10.7. The number of nitrogens with zero attached hydrogens (tertiary/aromatic N) is 6. The molecule has 0 saturated carbocycles. The lowest BCUT2D eigenvalue weighted by Crippen LogP contribution is -2.27. The largest absolute Gasteiger partial charge is 0.347 e. The van der Waals surface area contributed by atoms with Crippen LogP contribution in [0.25, 0.3) is 22.5 Å². The normalized spacial score (nSPS) is 10.9. The molecule has 8 nitrogen and oxygen atoms in total. The third kappa shape index (κ3) is 4.52. The van der Waals surface area contributed by atoms with Gasteiger partial charge in [-0.15, -0.1) is 15.3 Å². The molecular formula is C24H25N7O. The molecule has 162 valence electrons. The number of tetrazole rings is 1. The van der Waals surface area contributed by atoms with Crippen LogP contribution in [0.2, 0.25) is 0 Å². The monoisotopic (exact) mass is 427 g/mol. The van der Waals surface area contributed by atoms with Crippen molar-refractivity contribution < 1.29 is 0 Å². The Morgan fingerprint density at radius 3 is 2.47 bits per heavy atom. The highest BCUT2D eigenvalue weighted by Crippen LogP contribution is 2.29. The predicted octanol–water partition coefficient (Wildman–Crippen LogP) is 3.36. The topological polar surface area (TPSA) is 94.3 Å². The minimum Gasteiger partial charge on any atom is -0.264 e. The number of aromatic amines is 1. The van der Waals surface area contributed by atoms with E-state index in [2.05, 4.69) is 51.4 Å². The van der Waals surface area contributed by atoms with Crippen molar-refractivity contribution in [1.29, 1.82) is 0 Å². The highest BCUT2D eigenvalue weighted by molar-refractivity contribution is 5.80. The molecule has 2 aromatic carbocycles. The van der Waals surface area contributed by atoms with E-state index in [4.69, 9.17) is 0 Å². The zero-order chi connectivity index (χ0) is 22.5. The first kappa shape index (κ1) is 21.2. The van der Waals surface area contributed by atoms with Crippen molar-refractivity contribution >= 4 is 0 Å². The summed E-state index contributed by atoms with van der Waals surface area (Å²) < 4.78 is 3.16. The van der Waals surface area contributed by atoms with E-state index in [1.807, 2.05) is 55.5 Å². The maximum absolute atomic E-state index is 12.9. The van der Waals surface area contributed by atoms with E-state index in [0.29, 0.717) is 37.1 Å². The first-order chi connectivity index (χ1) is 15.6. The van der Waals surface area contributed by atoms with Gasteiger partial charge in [0.2, 0.25) is 11.6 Å². The molecule has 1 N–H and O–H groups in total. The molecule has 0 atom stereocenters. The molecule has 4 aromatic rings. The van der Waals surface area contributed by atoms with E-state index in [1.165, 1.54) is 4.68 Å². The summed E-state index contributed by atoms with van der Waals surface area (Å²) in [5.41, 5.74) is 3.80. The number of hydrogen-bond donors (Lipinski definition) is 1. The van der Waals surface area contributed by atoms with E-state index in [1.54, 1.807) is 4.57 Å². The number of rotatable bonds is 6. The minimum absolute atomic E-state index is 0.134. The molecule has 0 aliphatic carbocycles. The molecule has 2 heterocycles. The molecule has 0 amide bonds. The van der Waals surface area contributed by atoms with Gasteiger partial charge in [-0.05, 0) is 33.7 Å². The number of H-pyrrole nitrogens is 1. The molecule has 0 aliphatic rings. The van der Waals surface area contributed by atoms with Crippen LogP contribution in [0, 0.1) is 17.8 Å². The van der Waals surface area contributed by atoms with Gasteiger partial charge in [0.1, 0.15) is 0 Å². The minimum atomic E-state index is -0.134. The Balaban J connectivity index is 1.65. The van der Waals surface area contributed by atoms with Gasteiger partial charge in [0.25, 0.3) is 0 Å². The smallest absolute Gasteiger partial charge is 0.264 e. The summed E-state index contributed by atoms with van der Waals surface area (Å²) in [7, 11) is 0. The van der Waals surface area contributed by atoms with E-state index in [-0.39, 0.29) is 5.69 Å². The third-order valence-corrected chi connectivity index (χ3v) is 4.96. The van der Waals surface area contributed by atoms with Gasteiger partial charge in [0, 0.05) is 18.5 Å². The van der Waals surface area contributed by atoms with Crippen LogP contribution in [0.15, 0.2) is 53.3 Å². The quantitative estimate of drug-likeness (QED) is 0.476. The Kier molecular flexibility index (Phi) is 6.26. The SMILES string of the molecule is CCC#Cc1nn(CC(C)C)c(=O)n1Cc1ccc(-c2ccccc2-c2nn[nH]n2)cc1. The standard InChI is InChI=1S/C24H25N7O/c1-4-5-10-22-27-31(15-17(2)3)24(32)30(22)16-18-11-13-19(14-12-18)20-8-6-7-9-21(20)23-25-28-29-26-23/h6-9,11-14,17H,4,15-16H2,1-3H3,(H,25,26,28,29). The summed E-state index contributed by atoms with van der Waals surface area (Å²) in [6, 6.07) is 16.0. The number of aromatic nitrogens is 7. The van der Waals surface area contributed by atoms with Crippen LogP contribution in [0.3, 0.4) is 0 Å². The van der Waals surface area contributed by atoms with Crippen LogP contribution in [0.1, 0.15) is 38.6 Å². The predicted molar refractivity (Wildman–Crippen MR) is 123 cm³/mol. The molecule has 0 unspecified atom stereocenters. The van der Waals surface area contributed by atoms with E-state index < -0.39 is 0 Å². The van der Waals surface area contributed by atoms with Crippen molar-refractivity contribution in [2.75, 3.05) is 0 Å². The van der Waals surface area contributed by atoms with Crippen molar-refractivity contribution in [3.05, 3.63) is 70.4 Å². The highest BCUT2D eigenvalue weighted by atomic mass is 16.2. The molecule has 0 spiro atoms. The Hall–Kier alpha value is -3.99. The van der Waals surface area contributed by atoms with Crippen molar-refractivity contribution in [3.63, 3.8) is 0 Å². The maximum atomic E-state index is 12.9. The van der Waals surface area contributed by atoms with Gasteiger partial charge in [-0.3, -0.25) is 4.57 Å². The Labute approximate surface area is 186 Å². The van der Waals surface area contributed by atoms with Crippen molar-refractivity contribution in [1.82, 2.24) is 35.0 Å². The average Bonchev–Trinajstić information content (AvgIpc) is 3.43. The van der Waals surface area contributed by atoms with Crippen molar-refractivity contribution in [2.45, 2.75) is 40.3 Å². The number of benzene rings is 2. The van der Waals surface area contributed by atoms with Crippen LogP contribution in [-0.2, 0) is 13.1 Å². The van der Waals surface area contributed by atoms with Crippen LogP contribution < -0.4 is 5.69 Å². The summed E-state index contributed by atoms with van der Waals surface area (Å²) in [5.74, 6) is 7.44. The molecule has 8 heteroatoms. The molecule has 0 saturated heterocycles.